The highest BCUT2D eigenvalue weighted by molar-refractivity contribution is 4.98. The fourth-order valence-electron chi connectivity index (χ4n) is 3.81. The lowest BCUT2D eigenvalue weighted by atomic mass is 9.83. The number of rotatable bonds is 3. The smallest absolute Gasteiger partial charge is 0.0672 e. The largest absolute Gasteiger partial charge is 0.299 e. The molecule has 2 atom stereocenters. The maximum Gasteiger partial charge on any atom is 0.0672 e. The van der Waals surface area contributed by atoms with Crippen LogP contribution in [0.5, 0.6) is 0 Å². The van der Waals surface area contributed by atoms with Gasteiger partial charge in [-0.3, -0.25) is 4.90 Å². The lowest BCUT2D eigenvalue weighted by Crippen LogP contribution is -2.43. The second kappa shape index (κ2) is 5.87. The zero-order valence-corrected chi connectivity index (χ0v) is 11.4. The van der Waals surface area contributed by atoms with Crippen molar-refractivity contribution in [2.75, 3.05) is 7.05 Å². The quantitative estimate of drug-likeness (QED) is 0.746. The van der Waals surface area contributed by atoms with E-state index in [1.54, 1.807) is 0 Å². The Labute approximate surface area is 106 Å². The van der Waals surface area contributed by atoms with Crippen LogP contribution in [0.4, 0.5) is 0 Å². The Hall–Kier alpha value is -0.550. The van der Waals surface area contributed by atoms with Crippen molar-refractivity contribution in [2.24, 2.45) is 11.8 Å². The molecule has 2 nitrogen and oxygen atoms in total. The number of hydrogen-bond donors (Lipinski definition) is 0. The highest BCUT2D eigenvalue weighted by Gasteiger charge is 2.34. The van der Waals surface area contributed by atoms with Gasteiger partial charge in [0.05, 0.1) is 12.0 Å². The molecule has 0 spiro atoms. The Morgan fingerprint density at radius 2 is 1.82 bits per heavy atom. The summed E-state index contributed by atoms with van der Waals surface area (Å²) in [6.07, 6.45) is 10.5. The van der Waals surface area contributed by atoms with Crippen LogP contribution in [-0.2, 0) is 0 Å². The Morgan fingerprint density at radius 3 is 2.41 bits per heavy atom. The lowest BCUT2D eigenvalue weighted by molar-refractivity contribution is 0.109. The van der Waals surface area contributed by atoms with E-state index in [-0.39, 0.29) is 0 Å². The molecule has 0 bridgehead atoms. The standard InChI is InChI=1S/C15H26N2/c1-3-12-7-9-14(10-8-12)17(2)15-6-4-5-13(15)11-16/h12-15H,3-10H2,1-2H3. The van der Waals surface area contributed by atoms with Crippen LogP contribution in [0.15, 0.2) is 0 Å². The normalized spacial score (nSPS) is 38.2. The fraction of sp³-hybridized carbons (Fsp3) is 0.933. The third kappa shape index (κ3) is 2.83. The van der Waals surface area contributed by atoms with Crippen molar-refractivity contribution in [3.63, 3.8) is 0 Å². The Balaban J connectivity index is 1.88. The van der Waals surface area contributed by atoms with Crippen LogP contribution >= 0.6 is 0 Å². The van der Waals surface area contributed by atoms with Gasteiger partial charge in [-0.05, 0) is 51.5 Å². The van der Waals surface area contributed by atoms with Crippen molar-refractivity contribution >= 4 is 0 Å². The summed E-state index contributed by atoms with van der Waals surface area (Å²) >= 11 is 0. The fourth-order valence-corrected chi connectivity index (χ4v) is 3.81. The number of nitriles is 1. The SMILES string of the molecule is CCC1CCC(N(C)C2CCCC2C#N)CC1. The Morgan fingerprint density at radius 1 is 1.12 bits per heavy atom. The Kier molecular flexibility index (Phi) is 4.45. The molecule has 17 heavy (non-hydrogen) atoms. The van der Waals surface area contributed by atoms with E-state index < -0.39 is 0 Å². The van der Waals surface area contributed by atoms with Crippen LogP contribution in [0.3, 0.4) is 0 Å². The van der Waals surface area contributed by atoms with Gasteiger partial charge in [0.15, 0.2) is 0 Å². The summed E-state index contributed by atoms with van der Waals surface area (Å²) in [6.45, 7) is 2.32. The molecule has 96 valence electrons. The van der Waals surface area contributed by atoms with Crippen LogP contribution in [-0.4, -0.2) is 24.0 Å². The molecule has 2 fully saturated rings. The maximum atomic E-state index is 9.19. The topological polar surface area (TPSA) is 27.0 Å². The minimum atomic E-state index is 0.295. The third-order valence-electron chi connectivity index (χ3n) is 5.14. The molecule has 2 unspecified atom stereocenters. The van der Waals surface area contributed by atoms with E-state index in [0.717, 1.165) is 18.4 Å². The third-order valence-corrected chi connectivity index (χ3v) is 5.14. The molecule has 2 saturated carbocycles. The van der Waals surface area contributed by atoms with Crippen LogP contribution < -0.4 is 0 Å². The van der Waals surface area contributed by atoms with Gasteiger partial charge in [0.25, 0.3) is 0 Å². The molecular weight excluding hydrogens is 208 g/mol. The summed E-state index contributed by atoms with van der Waals surface area (Å²) in [4.78, 5) is 2.55. The van der Waals surface area contributed by atoms with E-state index in [1.807, 2.05) is 0 Å². The van der Waals surface area contributed by atoms with Crippen LogP contribution in [0.1, 0.15) is 58.3 Å². The molecule has 0 aromatic rings. The summed E-state index contributed by atoms with van der Waals surface area (Å²) < 4.78 is 0. The predicted molar refractivity (Wildman–Crippen MR) is 70.5 cm³/mol. The first-order valence-electron chi connectivity index (χ1n) is 7.37. The van der Waals surface area contributed by atoms with Gasteiger partial charge in [-0.15, -0.1) is 0 Å². The highest BCUT2D eigenvalue weighted by atomic mass is 15.2. The van der Waals surface area contributed by atoms with Crippen molar-refractivity contribution in [1.82, 2.24) is 4.90 Å². The van der Waals surface area contributed by atoms with E-state index in [1.165, 1.54) is 44.9 Å². The van der Waals surface area contributed by atoms with Crippen molar-refractivity contribution in [3.05, 3.63) is 0 Å². The monoisotopic (exact) mass is 234 g/mol. The van der Waals surface area contributed by atoms with Gasteiger partial charge in [0, 0.05) is 12.1 Å². The van der Waals surface area contributed by atoms with Gasteiger partial charge in [0.1, 0.15) is 0 Å². The van der Waals surface area contributed by atoms with Crippen molar-refractivity contribution in [3.8, 4) is 6.07 Å². The van der Waals surface area contributed by atoms with Crippen LogP contribution in [0, 0.1) is 23.2 Å². The van der Waals surface area contributed by atoms with E-state index in [2.05, 4.69) is 24.9 Å². The minimum absolute atomic E-state index is 0.295. The van der Waals surface area contributed by atoms with Gasteiger partial charge in [-0.2, -0.15) is 5.26 Å². The first kappa shape index (κ1) is 12.9. The van der Waals surface area contributed by atoms with E-state index >= 15 is 0 Å². The van der Waals surface area contributed by atoms with Gasteiger partial charge in [0.2, 0.25) is 0 Å². The summed E-state index contributed by atoms with van der Waals surface area (Å²) in [6, 6.07) is 3.80. The molecule has 0 amide bonds. The average Bonchev–Trinajstić information content (AvgIpc) is 2.86. The molecule has 0 saturated heterocycles. The Bertz CT molecular complexity index is 273. The van der Waals surface area contributed by atoms with Crippen molar-refractivity contribution in [2.45, 2.75) is 70.4 Å². The predicted octanol–water partition coefficient (Wildman–Crippen LogP) is 3.58. The van der Waals surface area contributed by atoms with Crippen molar-refractivity contribution in [1.29, 1.82) is 5.26 Å². The van der Waals surface area contributed by atoms with Crippen LogP contribution in [0.25, 0.3) is 0 Å². The molecular formula is C15H26N2. The van der Waals surface area contributed by atoms with E-state index in [0.29, 0.717) is 12.0 Å². The molecule has 2 rings (SSSR count). The molecule has 2 aliphatic rings. The zero-order valence-electron chi connectivity index (χ0n) is 11.4. The summed E-state index contributed by atoms with van der Waals surface area (Å²) in [5.41, 5.74) is 0. The van der Waals surface area contributed by atoms with Crippen LogP contribution in [0.2, 0.25) is 0 Å². The molecule has 0 aromatic carbocycles. The highest BCUT2D eigenvalue weighted by Crippen LogP contribution is 2.35. The first-order chi connectivity index (χ1) is 8.26. The molecule has 0 radical (unpaired) electrons. The van der Waals surface area contributed by atoms with E-state index in [4.69, 9.17) is 0 Å². The van der Waals surface area contributed by atoms with Gasteiger partial charge >= 0.3 is 0 Å². The van der Waals surface area contributed by atoms with Gasteiger partial charge < -0.3 is 0 Å². The second-order valence-corrected chi connectivity index (χ2v) is 5.98. The number of hydrogen-bond acceptors (Lipinski definition) is 2. The molecule has 0 heterocycles. The average molecular weight is 234 g/mol. The summed E-state index contributed by atoms with van der Waals surface area (Å²) in [5, 5.41) is 9.19. The summed E-state index contributed by atoms with van der Waals surface area (Å²) in [5.74, 6) is 1.26. The van der Waals surface area contributed by atoms with Crippen molar-refractivity contribution < 1.29 is 0 Å². The molecule has 0 N–H and O–H groups in total. The molecule has 2 heteroatoms. The first-order valence-corrected chi connectivity index (χ1v) is 7.37. The van der Waals surface area contributed by atoms with E-state index in [9.17, 15) is 5.26 Å². The van der Waals surface area contributed by atoms with Gasteiger partial charge in [-0.25, -0.2) is 0 Å². The zero-order chi connectivity index (χ0) is 12.3. The maximum absolute atomic E-state index is 9.19. The summed E-state index contributed by atoms with van der Waals surface area (Å²) in [7, 11) is 2.26. The van der Waals surface area contributed by atoms with Gasteiger partial charge in [-0.1, -0.05) is 19.8 Å². The minimum Gasteiger partial charge on any atom is -0.299 e. The molecule has 0 aliphatic heterocycles. The molecule has 0 aromatic heterocycles. The number of nitrogens with zero attached hydrogens (tertiary/aromatic N) is 2. The molecule has 2 aliphatic carbocycles. The second-order valence-electron chi connectivity index (χ2n) is 5.98. The lowest BCUT2D eigenvalue weighted by Gasteiger charge is -2.38.